The Morgan fingerprint density at radius 2 is 1.77 bits per heavy atom. The second kappa shape index (κ2) is 5.14. The number of rotatable bonds is 4. The van der Waals surface area contributed by atoms with Gasteiger partial charge in [-0.3, -0.25) is 0 Å². The molecular formula is C10H14O2S. The molecule has 0 aliphatic heterocycles. The molecule has 0 N–H and O–H groups in total. The Morgan fingerprint density at radius 3 is 2.23 bits per heavy atom. The average Bonchev–Trinajstić information content (AvgIpc) is 2.15. The Hall–Kier alpha value is -0.670. The minimum Gasteiger partial charge on any atom is -0.497 e. The van der Waals surface area contributed by atoms with Crippen molar-refractivity contribution < 1.29 is 8.92 Å². The van der Waals surface area contributed by atoms with Gasteiger partial charge in [0.25, 0.3) is 0 Å². The maximum Gasteiger partial charge on any atom is 0.118 e. The minimum absolute atomic E-state index is 0.243. The van der Waals surface area contributed by atoms with E-state index < -0.39 is 0 Å². The molecular weight excluding hydrogens is 184 g/mol. The molecule has 1 rings (SSSR count). The smallest absolute Gasteiger partial charge is 0.118 e. The van der Waals surface area contributed by atoms with Crippen molar-refractivity contribution >= 4 is 12.0 Å². The van der Waals surface area contributed by atoms with E-state index in [2.05, 4.69) is 0 Å². The van der Waals surface area contributed by atoms with Crippen molar-refractivity contribution in [1.82, 2.24) is 0 Å². The van der Waals surface area contributed by atoms with Crippen molar-refractivity contribution in [2.75, 3.05) is 7.11 Å². The lowest BCUT2D eigenvalue weighted by Crippen LogP contribution is -1.93. The molecule has 0 heterocycles. The summed E-state index contributed by atoms with van der Waals surface area (Å²) in [6.45, 7) is 4.02. The Balaban J connectivity index is 2.49. The Morgan fingerprint density at radius 1 is 1.15 bits per heavy atom. The van der Waals surface area contributed by atoms with Gasteiger partial charge in [0.05, 0.1) is 13.2 Å². The highest BCUT2D eigenvalue weighted by atomic mass is 32.2. The molecule has 1 aromatic carbocycles. The van der Waals surface area contributed by atoms with Crippen molar-refractivity contribution in [3.8, 4) is 5.75 Å². The number of methoxy groups -OCH3 is 1. The maximum atomic E-state index is 5.38. The third kappa shape index (κ3) is 3.70. The van der Waals surface area contributed by atoms with Crippen LogP contribution in [0.15, 0.2) is 29.2 Å². The van der Waals surface area contributed by atoms with Crippen molar-refractivity contribution in [2.24, 2.45) is 0 Å². The zero-order chi connectivity index (χ0) is 9.68. The largest absolute Gasteiger partial charge is 0.497 e. The predicted octanol–water partition coefficient (Wildman–Crippen LogP) is 3.13. The first-order valence-corrected chi connectivity index (χ1v) is 4.94. The van der Waals surface area contributed by atoms with Crippen molar-refractivity contribution in [3.05, 3.63) is 24.3 Å². The third-order valence-electron chi connectivity index (χ3n) is 1.40. The van der Waals surface area contributed by atoms with Crippen LogP contribution in [0.1, 0.15) is 13.8 Å². The number of hydrogen-bond donors (Lipinski definition) is 0. The van der Waals surface area contributed by atoms with Crippen LogP contribution in [0, 0.1) is 0 Å². The highest BCUT2D eigenvalue weighted by Gasteiger charge is 1.97. The molecule has 1 aromatic rings. The van der Waals surface area contributed by atoms with Crippen LogP contribution in [-0.2, 0) is 4.18 Å². The lowest BCUT2D eigenvalue weighted by molar-refractivity contribution is 0.289. The molecule has 0 aromatic heterocycles. The Bertz CT molecular complexity index is 244. The van der Waals surface area contributed by atoms with E-state index in [0.717, 1.165) is 10.6 Å². The average molecular weight is 198 g/mol. The SMILES string of the molecule is COc1ccc(SOC(C)C)cc1. The van der Waals surface area contributed by atoms with Gasteiger partial charge in [0, 0.05) is 16.9 Å². The summed E-state index contributed by atoms with van der Waals surface area (Å²) in [5, 5.41) is 0. The van der Waals surface area contributed by atoms with Crippen LogP contribution in [0.4, 0.5) is 0 Å². The van der Waals surface area contributed by atoms with Crippen LogP contribution in [0.2, 0.25) is 0 Å². The number of benzene rings is 1. The normalized spacial score (nSPS) is 10.5. The van der Waals surface area contributed by atoms with Crippen LogP contribution < -0.4 is 4.74 Å². The topological polar surface area (TPSA) is 18.5 Å². The van der Waals surface area contributed by atoms with Gasteiger partial charge < -0.3 is 8.92 Å². The van der Waals surface area contributed by atoms with E-state index in [1.54, 1.807) is 7.11 Å². The molecule has 0 aliphatic rings. The van der Waals surface area contributed by atoms with E-state index in [1.165, 1.54) is 12.0 Å². The lowest BCUT2D eigenvalue weighted by atomic mass is 10.3. The van der Waals surface area contributed by atoms with E-state index >= 15 is 0 Å². The van der Waals surface area contributed by atoms with E-state index in [-0.39, 0.29) is 6.10 Å². The summed E-state index contributed by atoms with van der Waals surface area (Å²) in [7, 11) is 1.66. The van der Waals surface area contributed by atoms with Gasteiger partial charge in [-0.1, -0.05) is 0 Å². The monoisotopic (exact) mass is 198 g/mol. The second-order valence-electron chi connectivity index (χ2n) is 2.90. The highest BCUT2D eigenvalue weighted by molar-refractivity contribution is 7.94. The summed E-state index contributed by atoms with van der Waals surface area (Å²) in [5.41, 5.74) is 0. The van der Waals surface area contributed by atoms with Gasteiger partial charge in [-0.15, -0.1) is 0 Å². The molecule has 0 aliphatic carbocycles. The van der Waals surface area contributed by atoms with Crippen molar-refractivity contribution in [2.45, 2.75) is 24.8 Å². The molecule has 0 atom stereocenters. The first-order chi connectivity index (χ1) is 6.22. The Kier molecular flexibility index (Phi) is 4.12. The maximum absolute atomic E-state index is 5.38. The van der Waals surface area contributed by atoms with Crippen LogP contribution >= 0.6 is 12.0 Å². The zero-order valence-electron chi connectivity index (χ0n) is 8.11. The second-order valence-corrected chi connectivity index (χ2v) is 3.73. The van der Waals surface area contributed by atoms with Crippen LogP contribution in [0.3, 0.4) is 0 Å². The Labute approximate surface area is 83.5 Å². The van der Waals surface area contributed by atoms with Crippen molar-refractivity contribution in [3.63, 3.8) is 0 Å². The molecule has 0 saturated heterocycles. The van der Waals surface area contributed by atoms with Gasteiger partial charge in [0.1, 0.15) is 5.75 Å². The molecule has 13 heavy (non-hydrogen) atoms. The zero-order valence-corrected chi connectivity index (χ0v) is 8.93. The molecule has 3 heteroatoms. The molecule has 0 radical (unpaired) electrons. The fourth-order valence-electron chi connectivity index (χ4n) is 0.783. The molecule has 0 fully saturated rings. The van der Waals surface area contributed by atoms with Crippen LogP contribution in [0.5, 0.6) is 5.75 Å². The fourth-order valence-corrected chi connectivity index (χ4v) is 1.33. The summed E-state index contributed by atoms with van der Waals surface area (Å²) >= 11 is 1.39. The molecule has 2 nitrogen and oxygen atoms in total. The summed E-state index contributed by atoms with van der Waals surface area (Å²) in [4.78, 5) is 1.09. The van der Waals surface area contributed by atoms with Gasteiger partial charge in [0.15, 0.2) is 0 Å². The van der Waals surface area contributed by atoms with Crippen LogP contribution in [0.25, 0.3) is 0 Å². The quantitative estimate of drug-likeness (QED) is 0.692. The van der Waals surface area contributed by atoms with E-state index in [0.29, 0.717) is 0 Å². The third-order valence-corrected chi connectivity index (χ3v) is 2.34. The van der Waals surface area contributed by atoms with Crippen molar-refractivity contribution in [1.29, 1.82) is 0 Å². The first kappa shape index (κ1) is 10.4. The van der Waals surface area contributed by atoms with E-state index in [9.17, 15) is 0 Å². The number of ether oxygens (including phenoxy) is 1. The first-order valence-electron chi connectivity index (χ1n) is 4.19. The fraction of sp³-hybridized carbons (Fsp3) is 0.400. The van der Waals surface area contributed by atoms with Gasteiger partial charge >= 0.3 is 0 Å². The van der Waals surface area contributed by atoms with Gasteiger partial charge in [-0.05, 0) is 38.1 Å². The number of hydrogen-bond acceptors (Lipinski definition) is 3. The summed E-state index contributed by atoms with van der Waals surface area (Å²) < 4.78 is 10.4. The summed E-state index contributed by atoms with van der Waals surface area (Å²) in [5.74, 6) is 0.869. The van der Waals surface area contributed by atoms with E-state index in [4.69, 9.17) is 8.92 Å². The van der Waals surface area contributed by atoms with E-state index in [1.807, 2.05) is 38.1 Å². The predicted molar refractivity (Wildman–Crippen MR) is 55.1 cm³/mol. The van der Waals surface area contributed by atoms with Gasteiger partial charge in [0.2, 0.25) is 0 Å². The molecule has 72 valence electrons. The molecule has 0 unspecified atom stereocenters. The standard InChI is InChI=1S/C10H14O2S/c1-8(2)12-13-10-6-4-9(11-3)5-7-10/h4-8H,1-3H3. The molecule has 0 amide bonds. The lowest BCUT2D eigenvalue weighted by Gasteiger charge is -2.05. The minimum atomic E-state index is 0.243. The highest BCUT2D eigenvalue weighted by Crippen LogP contribution is 2.23. The summed E-state index contributed by atoms with van der Waals surface area (Å²) in [6, 6.07) is 7.80. The van der Waals surface area contributed by atoms with Gasteiger partial charge in [-0.25, -0.2) is 0 Å². The molecule has 0 bridgehead atoms. The van der Waals surface area contributed by atoms with Crippen LogP contribution in [-0.4, -0.2) is 13.2 Å². The molecule has 0 saturated carbocycles. The summed E-state index contributed by atoms with van der Waals surface area (Å²) in [6.07, 6.45) is 0.243. The molecule has 0 spiro atoms. The van der Waals surface area contributed by atoms with Gasteiger partial charge in [-0.2, -0.15) is 0 Å².